The number of phenolic OH excluding ortho intramolecular Hbond substituents is 1. The number of fused-ring (bicyclic) bond motifs is 3. The summed E-state index contributed by atoms with van der Waals surface area (Å²) in [4.78, 5) is 40.7. The summed E-state index contributed by atoms with van der Waals surface area (Å²) >= 11 is 0. The van der Waals surface area contributed by atoms with Gasteiger partial charge in [0.25, 0.3) is 5.91 Å². The number of nitrogens with two attached hydrogens (primary N) is 1. The van der Waals surface area contributed by atoms with Gasteiger partial charge in [-0.15, -0.1) is 0 Å². The molecule has 10 nitrogen and oxygen atoms in total. The fraction of sp³-hybridized carbons (Fsp3) is 0.424. The van der Waals surface area contributed by atoms with Gasteiger partial charge in [-0.25, -0.2) is 0 Å². The number of methoxy groups -OCH3 is 1. The maximum atomic E-state index is 14.0. The lowest BCUT2D eigenvalue weighted by atomic mass is 9.59. The summed E-state index contributed by atoms with van der Waals surface area (Å²) in [7, 11) is 5.49. The molecule has 0 heterocycles. The second kappa shape index (κ2) is 10.2. The first-order chi connectivity index (χ1) is 20.0. The maximum absolute atomic E-state index is 14.0. The zero-order valence-electron chi connectivity index (χ0n) is 25.2. The van der Waals surface area contributed by atoms with E-state index in [0.29, 0.717) is 29.0 Å². The summed E-state index contributed by atoms with van der Waals surface area (Å²) in [6.07, 6.45) is -0.117. The van der Waals surface area contributed by atoms with E-state index in [-0.39, 0.29) is 36.1 Å². The highest BCUT2D eigenvalue weighted by molar-refractivity contribution is 6.22. The highest BCUT2D eigenvalue weighted by atomic mass is 16.5. The van der Waals surface area contributed by atoms with Crippen LogP contribution in [-0.2, 0) is 32.8 Å². The van der Waals surface area contributed by atoms with Crippen LogP contribution >= 0.6 is 0 Å². The molecule has 0 saturated heterocycles. The molecule has 3 aliphatic rings. The van der Waals surface area contributed by atoms with E-state index in [2.05, 4.69) is 0 Å². The highest BCUT2D eigenvalue weighted by Crippen LogP contribution is 2.55. The second-order valence-corrected chi connectivity index (χ2v) is 13.1. The standard InChI is InChI=1S/C33H38N2O8/c1-32(2,3)21-13-18(19-9-15(14-35(4)5)7-8-23(19)43-6)20-11-16-10-17-12-22(36)26(31(34)41)30(40)33(17,42)29(39)24(16)28(38)25(20)27(21)37/h7-9,13,16-17,37-38,40,42H,10-12,14H2,1-6H3,(H2,34,41). The van der Waals surface area contributed by atoms with Crippen LogP contribution in [0.4, 0.5) is 0 Å². The number of ether oxygens (including phenoxy) is 1. The van der Waals surface area contributed by atoms with Crippen LogP contribution in [0.15, 0.2) is 41.2 Å². The Labute approximate surface area is 250 Å². The Morgan fingerprint density at radius 3 is 2.35 bits per heavy atom. The first-order valence-electron chi connectivity index (χ1n) is 14.2. The number of aromatic hydroxyl groups is 1. The monoisotopic (exact) mass is 590 g/mol. The van der Waals surface area contributed by atoms with Gasteiger partial charge in [-0.05, 0) is 73.2 Å². The largest absolute Gasteiger partial charge is 0.508 e. The van der Waals surface area contributed by atoms with Gasteiger partial charge in [-0.1, -0.05) is 26.8 Å². The van der Waals surface area contributed by atoms with E-state index in [4.69, 9.17) is 10.5 Å². The molecule has 3 aliphatic carbocycles. The molecule has 1 fully saturated rings. The van der Waals surface area contributed by atoms with Crippen molar-refractivity contribution in [1.29, 1.82) is 0 Å². The molecule has 43 heavy (non-hydrogen) atoms. The molecule has 3 atom stereocenters. The van der Waals surface area contributed by atoms with Crippen molar-refractivity contribution in [1.82, 2.24) is 4.90 Å². The molecule has 0 radical (unpaired) electrons. The molecule has 5 rings (SSSR count). The summed E-state index contributed by atoms with van der Waals surface area (Å²) in [6.45, 7) is 6.41. The lowest BCUT2D eigenvalue weighted by molar-refractivity contribution is -0.147. The zero-order valence-corrected chi connectivity index (χ0v) is 25.2. The van der Waals surface area contributed by atoms with Crippen molar-refractivity contribution in [2.45, 2.75) is 57.6 Å². The van der Waals surface area contributed by atoms with Gasteiger partial charge in [0.1, 0.15) is 28.6 Å². The number of benzene rings is 2. The Morgan fingerprint density at radius 2 is 1.77 bits per heavy atom. The van der Waals surface area contributed by atoms with Crippen molar-refractivity contribution in [3.8, 4) is 22.6 Å². The van der Waals surface area contributed by atoms with Crippen molar-refractivity contribution >= 4 is 23.2 Å². The van der Waals surface area contributed by atoms with E-state index in [1.54, 1.807) is 7.11 Å². The number of Topliss-reactive ketones (excluding diaryl/α,β-unsaturated/α-hetero) is 2. The molecule has 0 aromatic heterocycles. The van der Waals surface area contributed by atoms with Crippen LogP contribution in [0.1, 0.15) is 55.9 Å². The average molecular weight is 591 g/mol. The van der Waals surface area contributed by atoms with E-state index < -0.39 is 57.4 Å². The van der Waals surface area contributed by atoms with Gasteiger partial charge in [-0.2, -0.15) is 0 Å². The normalized spacial score (nSPS) is 23.7. The van der Waals surface area contributed by atoms with Crippen LogP contribution in [0.2, 0.25) is 0 Å². The third kappa shape index (κ3) is 4.60. The van der Waals surface area contributed by atoms with Crippen molar-refractivity contribution in [2.24, 2.45) is 17.6 Å². The van der Waals surface area contributed by atoms with Crippen LogP contribution in [0.5, 0.6) is 11.5 Å². The topological polar surface area (TPSA) is 171 Å². The number of hydrogen-bond donors (Lipinski definition) is 5. The molecule has 3 unspecified atom stereocenters. The third-order valence-electron chi connectivity index (χ3n) is 8.92. The van der Waals surface area contributed by atoms with Crippen molar-refractivity contribution in [2.75, 3.05) is 21.2 Å². The molecule has 6 N–H and O–H groups in total. The number of rotatable bonds is 5. The molecule has 1 amide bonds. The van der Waals surface area contributed by atoms with E-state index >= 15 is 0 Å². The quantitative estimate of drug-likeness (QED) is 0.327. The smallest absolute Gasteiger partial charge is 0.255 e. The van der Waals surface area contributed by atoms with Gasteiger partial charge in [0.05, 0.1) is 12.7 Å². The second-order valence-electron chi connectivity index (χ2n) is 13.1. The number of aliphatic hydroxyl groups excluding tert-OH is 2. The Bertz CT molecular complexity index is 1640. The lowest BCUT2D eigenvalue weighted by Gasteiger charge is -2.46. The van der Waals surface area contributed by atoms with Crippen LogP contribution in [0.3, 0.4) is 0 Å². The Balaban J connectivity index is 1.80. The first kappa shape index (κ1) is 30.3. The van der Waals surface area contributed by atoms with Gasteiger partial charge in [-0.3, -0.25) is 14.4 Å². The summed E-state index contributed by atoms with van der Waals surface area (Å²) in [5, 5.41) is 45.8. The number of carbonyl (C=O) groups excluding carboxylic acids is 3. The molecule has 228 valence electrons. The molecule has 1 saturated carbocycles. The lowest BCUT2D eigenvalue weighted by Crippen LogP contribution is -2.58. The van der Waals surface area contributed by atoms with Crippen LogP contribution in [-0.4, -0.2) is 69.6 Å². The highest BCUT2D eigenvalue weighted by Gasteiger charge is 2.60. The number of hydrogen-bond acceptors (Lipinski definition) is 9. The molecule has 0 bridgehead atoms. The van der Waals surface area contributed by atoms with Gasteiger partial charge < -0.3 is 35.8 Å². The third-order valence-corrected chi connectivity index (χ3v) is 8.92. The summed E-state index contributed by atoms with van der Waals surface area (Å²) < 4.78 is 5.75. The van der Waals surface area contributed by atoms with Gasteiger partial charge in [0.2, 0.25) is 5.78 Å². The van der Waals surface area contributed by atoms with E-state index in [0.717, 1.165) is 11.1 Å². The van der Waals surface area contributed by atoms with Crippen LogP contribution in [0.25, 0.3) is 16.9 Å². The molecule has 2 aromatic carbocycles. The van der Waals surface area contributed by atoms with Crippen LogP contribution in [0, 0.1) is 11.8 Å². The Kier molecular flexibility index (Phi) is 7.22. The van der Waals surface area contributed by atoms with Gasteiger partial charge in [0, 0.05) is 35.6 Å². The molecule has 2 aromatic rings. The Morgan fingerprint density at radius 1 is 1.09 bits per heavy atom. The maximum Gasteiger partial charge on any atom is 0.255 e. The number of nitrogens with zero attached hydrogens (tertiary/aromatic N) is 1. The number of ketones is 2. The van der Waals surface area contributed by atoms with Gasteiger partial charge >= 0.3 is 0 Å². The van der Waals surface area contributed by atoms with Crippen LogP contribution < -0.4 is 10.5 Å². The Hall–Kier alpha value is -4.15. The molecule has 0 aliphatic heterocycles. The minimum Gasteiger partial charge on any atom is -0.508 e. The number of carbonyl (C=O) groups is 3. The number of amides is 1. The minimum absolute atomic E-state index is 0.0575. The predicted molar refractivity (Wildman–Crippen MR) is 159 cm³/mol. The number of phenols is 1. The zero-order chi connectivity index (χ0) is 31.8. The van der Waals surface area contributed by atoms with E-state index in [1.165, 1.54) is 0 Å². The average Bonchev–Trinajstić information content (AvgIpc) is 2.89. The molecular formula is C33H38N2O8. The summed E-state index contributed by atoms with van der Waals surface area (Å²) in [5.74, 6) is -5.92. The van der Waals surface area contributed by atoms with E-state index in [9.17, 15) is 34.8 Å². The fourth-order valence-corrected chi connectivity index (χ4v) is 6.93. The first-order valence-corrected chi connectivity index (χ1v) is 14.2. The van der Waals surface area contributed by atoms with Crippen molar-refractivity contribution < 1.29 is 39.5 Å². The number of primary amides is 1. The molecule has 0 spiro atoms. The van der Waals surface area contributed by atoms with Crippen molar-refractivity contribution in [3.05, 3.63) is 63.4 Å². The SMILES string of the molecule is COc1ccc(CN(C)C)cc1-c1cc(C(C)(C)C)c(O)c2c1CC1CC3CC(=O)C(C(N)=O)=C(O)C3(O)C(=O)C1=C2O. The summed E-state index contributed by atoms with van der Waals surface area (Å²) in [5.41, 5.74) is 4.78. The number of aliphatic hydroxyl groups is 3. The predicted octanol–water partition coefficient (Wildman–Crippen LogP) is 3.46. The minimum atomic E-state index is -2.61. The van der Waals surface area contributed by atoms with E-state index in [1.807, 2.05) is 64.0 Å². The fourth-order valence-electron chi connectivity index (χ4n) is 6.93. The molecular weight excluding hydrogens is 552 g/mol. The van der Waals surface area contributed by atoms with Crippen molar-refractivity contribution in [3.63, 3.8) is 0 Å². The summed E-state index contributed by atoms with van der Waals surface area (Å²) in [6, 6.07) is 7.74. The van der Waals surface area contributed by atoms with Gasteiger partial charge in [0.15, 0.2) is 11.4 Å². The molecule has 10 heteroatoms.